The van der Waals surface area contributed by atoms with Gasteiger partial charge in [-0.2, -0.15) is 0 Å². The van der Waals surface area contributed by atoms with E-state index in [4.69, 9.17) is 4.74 Å². The second kappa shape index (κ2) is 7.89. The molecule has 0 fully saturated rings. The van der Waals surface area contributed by atoms with Gasteiger partial charge in [-0.05, 0) is 36.8 Å². The summed E-state index contributed by atoms with van der Waals surface area (Å²) >= 11 is 0. The first kappa shape index (κ1) is 17.9. The standard InChI is InChI=1S/C16H17FN2O4S/c1-2-10-23-12-8-9-15(17)14(11-12)16(20)18-19-24(21,22)13-6-4-3-5-7-13/h3-9,11,19H,2,10H2,1H3,(H,18,20). The molecule has 0 atom stereocenters. The number of hydrazine groups is 1. The molecule has 2 N–H and O–H groups in total. The maximum Gasteiger partial charge on any atom is 0.269 e. The summed E-state index contributed by atoms with van der Waals surface area (Å²) in [6.07, 6.45) is 0.760. The predicted molar refractivity (Wildman–Crippen MR) is 86.4 cm³/mol. The molecule has 2 rings (SSSR count). The van der Waals surface area contributed by atoms with Crippen molar-refractivity contribution in [1.82, 2.24) is 10.3 Å². The molecule has 0 saturated carbocycles. The first-order chi connectivity index (χ1) is 11.4. The molecule has 0 bridgehead atoms. The molecule has 0 saturated heterocycles. The fraction of sp³-hybridized carbons (Fsp3) is 0.188. The van der Waals surface area contributed by atoms with Crippen molar-refractivity contribution >= 4 is 15.9 Å². The summed E-state index contributed by atoms with van der Waals surface area (Å²) in [4.78, 5) is 13.9. The normalized spacial score (nSPS) is 11.1. The van der Waals surface area contributed by atoms with Crippen LogP contribution in [0.25, 0.3) is 0 Å². The largest absolute Gasteiger partial charge is 0.494 e. The minimum absolute atomic E-state index is 0.0224. The minimum atomic E-state index is -3.94. The van der Waals surface area contributed by atoms with Crippen LogP contribution in [0.1, 0.15) is 23.7 Å². The lowest BCUT2D eigenvalue weighted by Gasteiger charge is -2.10. The number of rotatable bonds is 7. The summed E-state index contributed by atoms with van der Waals surface area (Å²) in [5, 5.41) is 0. The second-order valence-corrected chi connectivity index (χ2v) is 6.55. The van der Waals surface area contributed by atoms with Crippen LogP contribution in [0.4, 0.5) is 4.39 Å². The molecule has 0 aliphatic rings. The molecule has 8 heteroatoms. The fourth-order valence-corrected chi connectivity index (χ4v) is 2.69. The topological polar surface area (TPSA) is 84.5 Å². The smallest absolute Gasteiger partial charge is 0.269 e. The average molecular weight is 352 g/mol. The molecule has 6 nitrogen and oxygen atoms in total. The Balaban J connectivity index is 2.10. The van der Waals surface area contributed by atoms with E-state index in [9.17, 15) is 17.6 Å². The van der Waals surface area contributed by atoms with Crippen molar-refractivity contribution in [2.75, 3.05) is 6.61 Å². The van der Waals surface area contributed by atoms with Crippen LogP contribution in [0.2, 0.25) is 0 Å². The van der Waals surface area contributed by atoms with Gasteiger partial charge in [0.05, 0.1) is 17.1 Å². The van der Waals surface area contributed by atoms with E-state index >= 15 is 0 Å². The molecule has 2 aromatic rings. The highest BCUT2D eigenvalue weighted by Crippen LogP contribution is 2.17. The molecular weight excluding hydrogens is 335 g/mol. The molecule has 0 aromatic heterocycles. The number of nitrogens with one attached hydrogen (secondary N) is 2. The van der Waals surface area contributed by atoms with Crippen molar-refractivity contribution < 1.29 is 22.3 Å². The van der Waals surface area contributed by atoms with Crippen molar-refractivity contribution in [3.8, 4) is 5.75 Å². The molecule has 2 aromatic carbocycles. The van der Waals surface area contributed by atoms with Gasteiger partial charge in [-0.1, -0.05) is 25.1 Å². The van der Waals surface area contributed by atoms with Gasteiger partial charge in [0.1, 0.15) is 11.6 Å². The third-order valence-electron chi connectivity index (χ3n) is 3.01. The number of hydrogen-bond donors (Lipinski definition) is 2. The first-order valence-corrected chi connectivity index (χ1v) is 8.72. The van der Waals surface area contributed by atoms with Gasteiger partial charge in [-0.15, -0.1) is 4.83 Å². The number of amides is 1. The number of halogens is 1. The van der Waals surface area contributed by atoms with Gasteiger partial charge in [0.25, 0.3) is 15.9 Å². The summed E-state index contributed by atoms with van der Waals surface area (Å²) < 4.78 is 43.2. The molecular formula is C16H17FN2O4S. The van der Waals surface area contributed by atoms with Crippen molar-refractivity contribution in [1.29, 1.82) is 0 Å². The summed E-state index contributed by atoms with van der Waals surface area (Å²) in [6.45, 7) is 2.34. The van der Waals surface area contributed by atoms with E-state index in [0.29, 0.717) is 12.4 Å². The Bertz CT molecular complexity index is 810. The van der Waals surface area contributed by atoms with E-state index in [-0.39, 0.29) is 10.5 Å². The monoisotopic (exact) mass is 352 g/mol. The summed E-state index contributed by atoms with van der Waals surface area (Å²) in [6, 6.07) is 11.2. The van der Waals surface area contributed by atoms with Crippen LogP contribution in [0, 0.1) is 5.82 Å². The van der Waals surface area contributed by atoms with Crippen LogP contribution in [-0.4, -0.2) is 20.9 Å². The van der Waals surface area contributed by atoms with Crippen LogP contribution in [-0.2, 0) is 10.0 Å². The van der Waals surface area contributed by atoms with Gasteiger partial charge in [-0.25, -0.2) is 12.8 Å². The highest BCUT2D eigenvalue weighted by molar-refractivity contribution is 7.89. The number of benzene rings is 2. The van der Waals surface area contributed by atoms with Crippen LogP contribution in [0.15, 0.2) is 53.4 Å². The lowest BCUT2D eigenvalue weighted by atomic mass is 10.2. The number of carbonyl (C=O) groups is 1. The SMILES string of the molecule is CCCOc1ccc(F)c(C(=O)NNS(=O)(=O)c2ccccc2)c1. The number of carbonyl (C=O) groups excluding carboxylic acids is 1. The van der Waals surface area contributed by atoms with E-state index in [1.807, 2.05) is 17.2 Å². The number of ether oxygens (including phenoxy) is 1. The Labute approximate surface area is 139 Å². The Morgan fingerprint density at radius 3 is 2.54 bits per heavy atom. The molecule has 24 heavy (non-hydrogen) atoms. The van der Waals surface area contributed by atoms with Crippen molar-refractivity contribution in [2.45, 2.75) is 18.2 Å². The molecule has 0 radical (unpaired) electrons. The lowest BCUT2D eigenvalue weighted by molar-refractivity contribution is 0.0940. The van der Waals surface area contributed by atoms with Gasteiger partial charge >= 0.3 is 0 Å². The molecule has 0 aliphatic carbocycles. The maximum absolute atomic E-state index is 13.8. The minimum Gasteiger partial charge on any atom is -0.494 e. The Morgan fingerprint density at radius 1 is 1.17 bits per heavy atom. The molecule has 0 aliphatic heterocycles. The van der Waals surface area contributed by atoms with Gasteiger partial charge in [-0.3, -0.25) is 10.2 Å². The molecule has 0 spiro atoms. The average Bonchev–Trinajstić information content (AvgIpc) is 2.60. The van der Waals surface area contributed by atoms with Gasteiger partial charge < -0.3 is 4.74 Å². The fourth-order valence-electron chi connectivity index (χ4n) is 1.83. The number of hydrogen-bond acceptors (Lipinski definition) is 4. The maximum atomic E-state index is 13.8. The Kier molecular flexibility index (Phi) is 5.88. The zero-order chi connectivity index (χ0) is 17.6. The number of sulfonamides is 1. The third kappa shape index (κ3) is 4.53. The molecule has 0 unspecified atom stereocenters. The summed E-state index contributed by atoms with van der Waals surface area (Å²) in [5.41, 5.74) is 1.67. The van der Waals surface area contributed by atoms with Crippen LogP contribution in [0.3, 0.4) is 0 Å². The molecule has 1 amide bonds. The second-order valence-electron chi connectivity index (χ2n) is 4.86. The Hall–Kier alpha value is -2.45. The van der Waals surface area contributed by atoms with E-state index in [1.165, 1.54) is 24.3 Å². The lowest BCUT2D eigenvalue weighted by Crippen LogP contribution is -2.41. The van der Waals surface area contributed by atoms with E-state index in [0.717, 1.165) is 12.5 Å². The van der Waals surface area contributed by atoms with Crippen molar-refractivity contribution in [3.63, 3.8) is 0 Å². The summed E-state index contributed by atoms with van der Waals surface area (Å²) in [7, 11) is -3.94. The third-order valence-corrected chi connectivity index (χ3v) is 4.27. The van der Waals surface area contributed by atoms with Gasteiger partial charge in [0.2, 0.25) is 0 Å². The van der Waals surface area contributed by atoms with Crippen LogP contribution in [0.5, 0.6) is 5.75 Å². The zero-order valence-corrected chi connectivity index (χ0v) is 13.8. The predicted octanol–water partition coefficient (Wildman–Crippen LogP) is 2.24. The molecule has 128 valence electrons. The van der Waals surface area contributed by atoms with Crippen molar-refractivity contribution in [2.24, 2.45) is 0 Å². The van der Waals surface area contributed by atoms with Crippen molar-refractivity contribution in [3.05, 3.63) is 59.9 Å². The van der Waals surface area contributed by atoms with Gasteiger partial charge in [0, 0.05) is 0 Å². The van der Waals surface area contributed by atoms with Gasteiger partial charge in [0.15, 0.2) is 0 Å². The highest BCUT2D eigenvalue weighted by atomic mass is 32.2. The quantitative estimate of drug-likeness (QED) is 0.749. The van der Waals surface area contributed by atoms with Crippen LogP contribution < -0.4 is 15.0 Å². The molecule has 0 heterocycles. The Morgan fingerprint density at radius 2 is 1.88 bits per heavy atom. The zero-order valence-electron chi connectivity index (χ0n) is 13.0. The van der Waals surface area contributed by atoms with E-state index in [1.54, 1.807) is 18.2 Å². The van der Waals surface area contributed by atoms with E-state index < -0.39 is 21.7 Å². The van der Waals surface area contributed by atoms with Crippen LogP contribution >= 0.6 is 0 Å². The highest BCUT2D eigenvalue weighted by Gasteiger charge is 2.17. The first-order valence-electron chi connectivity index (χ1n) is 7.23. The summed E-state index contributed by atoms with van der Waals surface area (Å²) in [5.74, 6) is -1.38. The van der Waals surface area contributed by atoms with E-state index in [2.05, 4.69) is 0 Å².